The molecule has 0 saturated carbocycles. The van der Waals surface area contributed by atoms with E-state index in [0.717, 1.165) is 12.5 Å². The number of carbonyl (C=O) groups excluding carboxylic acids is 1. The van der Waals surface area contributed by atoms with Gasteiger partial charge in [-0.15, -0.1) is 20.4 Å². The molecule has 204 valence electrons. The molecule has 3 aromatic heterocycles. The van der Waals surface area contributed by atoms with Crippen LogP contribution in [0.3, 0.4) is 0 Å². The van der Waals surface area contributed by atoms with Gasteiger partial charge in [0.2, 0.25) is 5.82 Å². The molecule has 2 N–H and O–H groups in total. The second-order valence-electron chi connectivity index (χ2n) is 9.13. The number of aryl methyl sites for hydroxylation is 2. The van der Waals surface area contributed by atoms with Gasteiger partial charge in [-0.05, 0) is 42.3 Å². The van der Waals surface area contributed by atoms with E-state index >= 15 is 0 Å². The first-order chi connectivity index (χ1) is 18.4. The zero-order valence-corrected chi connectivity index (χ0v) is 21.6. The minimum Gasteiger partial charge on any atom is -0.496 e. The summed E-state index contributed by atoms with van der Waals surface area (Å²) < 4.78 is 46.7. The van der Waals surface area contributed by atoms with E-state index < -0.39 is 30.0 Å². The lowest BCUT2D eigenvalue weighted by atomic mass is 9.93. The Hall–Kier alpha value is -4.34. The molecule has 5 rings (SSSR count). The number of hydrogen-bond acceptors (Lipinski definition) is 9. The normalized spacial score (nSPS) is 14.3. The van der Waals surface area contributed by atoms with Crippen LogP contribution in [0.25, 0.3) is 33.2 Å². The predicted octanol–water partition coefficient (Wildman–Crippen LogP) is 2.95. The van der Waals surface area contributed by atoms with E-state index in [0.29, 0.717) is 51.9 Å². The minimum atomic E-state index is -4.82. The lowest BCUT2D eigenvalue weighted by Gasteiger charge is -2.28. The zero-order valence-electron chi connectivity index (χ0n) is 20.8. The molecule has 12 nitrogen and oxygen atoms in total. The van der Waals surface area contributed by atoms with Crippen LogP contribution in [0.5, 0.6) is 5.75 Å². The highest BCUT2D eigenvalue weighted by Crippen LogP contribution is 2.44. The van der Waals surface area contributed by atoms with Gasteiger partial charge in [0.05, 0.1) is 31.8 Å². The molecule has 16 heteroatoms. The van der Waals surface area contributed by atoms with E-state index in [1.807, 2.05) is 6.07 Å². The van der Waals surface area contributed by atoms with Gasteiger partial charge in [0.15, 0.2) is 0 Å². The zero-order chi connectivity index (χ0) is 28.1. The smallest absolute Gasteiger partial charge is 0.391 e. The van der Waals surface area contributed by atoms with Gasteiger partial charge < -0.3 is 19.7 Å². The topological polar surface area (TPSA) is 150 Å². The Labute approximate surface area is 222 Å². The summed E-state index contributed by atoms with van der Waals surface area (Å²) in [5, 5.41) is 32.3. The second-order valence-corrected chi connectivity index (χ2v) is 9.97. The van der Waals surface area contributed by atoms with E-state index in [9.17, 15) is 27.9 Å². The lowest BCUT2D eigenvalue weighted by Crippen LogP contribution is -2.54. The number of nitrogens with zero attached hydrogens (tertiary/aromatic N) is 7. The summed E-state index contributed by atoms with van der Waals surface area (Å²) in [6.07, 6.45) is -6.11. The van der Waals surface area contributed by atoms with Gasteiger partial charge >= 0.3 is 12.1 Å². The number of rotatable bonds is 7. The molecule has 39 heavy (non-hydrogen) atoms. The van der Waals surface area contributed by atoms with E-state index in [2.05, 4.69) is 30.9 Å². The number of fused-ring (bicyclic) bond motifs is 3. The molecule has 1 atom stereocenters. The Morgan fingerprint density at radius 2 is 1.95 bits per heavy atom. The Kier molecular flexibility index (Phi) is 6.36. The molecule has 1 amide bonds. The highest BCUT2D eigenvalue weighted by molar-refractivity contribution is 7.12. The number of hydrogen-bond donors (Lipinski definition) is 2. The number of carbonyl (C=O) groups is 2. The predicted molar refractivity (Wildman–Crippen MR) is 131 cm³/mol. The molecule has 0 spiro atoms. The second kappa shape index (κ2) is 9.44. The first kappa shape index (κ1) is 26.3. The molecule has 0 radical (unpaired) electrons. The third kappa shape index (κ3) is 4.82. The molecule has 0 saturated heterocycles. The number of halogens is 3. The fraction of sp³-hybridized carbons (Fsp3) is 0.348. The summed E-state index contributed by atoms with van der Waals surface area (Å²) >= 11 is 1.21. The minimum absolute atomic E-state index is 0.00880. The van der Waals surface area contributed by atoms with Crippen molar-refractivity contribution in [1.82, 2.24) is 40.3 Å². The van der Waals surface area contributed by atoms with Gasteiger partial charge in [-0.1, -0.05) is 11.3 Å². The van der Waals surface area contributed by atoms with Crippen molar-refractivity contribution >= 4 is 23.2 Å². The average molecular weight is 563 g/mol. The van der Waals surface area contributed by atoms with Crippen molar-refractivity contribution < 1.29 is 32.6 Å². The quantitative estimate of drug-likeness (QED) is 0.347. The summed E-state index contributed by atoms with van der Waals surface area (Å²) in [5.74, 6) is -1.95. The van der Waals surface area contributed by atoms with Gasteiger partial charge in [-0.25, -0.2) is 4.79 Å². The Bertz CT molecular complexity index is 1580. The van der Waals surface area contributed by atoms with Crippen LogP contribution in [0.4, 0.5) is 13.2 Å². The van der Waals surface area contributed by atoms with Crippen molar-refractivity contribution in [2.45, 2.75) is 38.0 Å². The number of nitrogens with one attached hydrogen (secondary N) is 1. The standard InChI is InChI=1S/C23H21F3N8O4S/c1-22(21(36)37,9-23(24,25)26)28-19(35)15-8-14(20-30-27-10-39-20)17-12-7-13(18-29-32-33(2)31-18)16(38-3)6-11(12)4-5-34(15)17/h6-8,10H,4-5,9H2,1-3H3,(H,28,35)(H,36,37)/t22-/m0/s1. The summed E-state index contributed by atoms with van der Waals surface area (Å²) in [5.41, 5.74) is 2.13. The molecule has 4 aromatic rings. The molecule has 0 bridgehead atoms. The van der Waals surface area contributed by atoms with Crippen LogP contribution in [-0.4, -0.2) is 70.8 Å². The van der Waals surface area contributed by atoms with Gasteiger partial charge in [0, 0.05) is 17.7 Å². The number of methoxy groups -OCH3 is 1. The van der Waals surface area contributed by atoms with Crippen molar-refractivity contribution in [3.05, 3.63) is 35.0 Å². The lowest BCUT2D eigenvalue weighted by molar-refractivity contribution is -0.167. The molecule has 1 aromatic carbocycles. The monoisotopic (exact) mass is 562 g/mol. The average Bonchev–Trinajstić information content (AvgIpc) is 3.61. The molecule has 0 aliphatic carbocycles. The van der Waals surface area contributed by atoms with Crippen LogP contribution in [0, 0.1) is 0 Å². The van der Waals surface area contributed by atoms with Crippen LogP contribution in [0.1, 0.15) is 29.4 Å². The fourth-order valence-corrected chi connectivity index (χ4v) is 5.19. The molecule has 1 aliphatic heterocycles. The number of benzene rings is 1. The van der Waals surface area contributed by atoms with Gasteiger partial charge in [0.25, 0.3) is 5.91 Å². The van der Waals surface area contributed by atoms with E-state index in [-0.39, 0.29) is 5.69 Å². The van der Waals surface area contributed by atoms with Gasteiger partial charge in [-0.2, -0.15) is 18.0 Å². The number of aliphatic carboxylic acids is 1. The van der Waals surface area contributed by atoms with Crippen molar-refractivity contribution in [3.8, 4) is 39.0 Å². The molecular weight excluding hydrogens is 541 g/mol. The maximum atomic E-state index is 13.4. The molecule has 4 heterocycles. The number of aromatic nitrogens is 7. The Morgan fingerprint density at radius 1 is 1.18 bits per heavy atom. The Balaban J connectivity index is 1.66. The van der Waals surface area contributed by atoms with Crippen molar-refractivity contribution in [2.24, 2.45) is 7.05 Å². The molecular formula is C23H21F3N8O4S. The Morgan fingerprint density at radius 3 is 2.54 bits per heavy atom. The van der Waals surface area contributed by atoms with Crippen LogP contribution >= 0.6 is 11.3 Å². The van der Waals surface area contributed by atoms with Crippen LogP contribution in [0.15, 0.2) is 23.7 Å². The van der Waals surface area contributed by atoms with Gasteiger partial charge in [0.1, 0.15) is 27.5 Å². The third-order valence-electron chi connectivity index (χ3n) is 6.37. The van der Waals surface area contributed by atoms with Gasteiger partial charge in [-0.3, -0.25) is 4.79 Å². The first-order valence-corrected chi connectivity index (χ1v) is 12.4. The number of carboxylic acids is 1. The molecule has 0 fully saturated rings. The number of alkyl halides is 3. The van der Waals surface area contributed by atoms with Crippen LogP contribution < -0.4 is 10.1 Å². The highest BCUT2D eigenvalue weighted by Gasteiger charge is 2.46. The first-order valence-electron chi connectivity index (χ1n) is 11.5. The highest BCUT2D eigenvalue weighted by atomic mass is 32.1. The molecule has 0 unspecified atom stereocenters. The van der Waals surface area contributed by atoms with Crippen molar-refractivity contribution in [3.63, 3.8) is 0 Å². The number of amides is 1. The van der Waals surface area contributed by atoms with Crippen molar-refractivity contribution in [1.29, 1.82) is 0 Å². The van der Waals surface area contributed by atoms with Crippen LogP contribution in [0.2, 0.25) is 0 Å². The summed E-state index contributed by atoms with van der Waals surface area (Å²) in [6, 6.07) is 5.13. The SMILES string of the molecule is COc1cc2c(cc1-c1nnn(C)n1)-c1c(-c3nncs3)cc(C(=O)N[C@@](C)(CC(F)(F)F)C(=O)O)n1CC2. The summed E-state index contributed by atoms with van der Waals surface area (Å²) in [7, 11) is 3.14. The maximum absolute atomic E-state index is 13.4. The van der Waals surface area contributed by atoms with E-state index in [4.69, 9.17) is 4.74 Å². The molecule has 1 aliphatic rings. The van der Waals surface area contributed by atoms with E-state index in [1.54, 1.807) is 17.7 Å². The van der Waals surface area contributed by atoms with Crippen LogP contribution in [-0.2, 0) is 24.8 Å². The summed E-state index contributed by atoms with van der Waals surface area (Å²) in [6.45, 7) is 1.12. The summed E-state index contributed by atoms with van der Waals surface area (Å²) in [4.78, 5) is 26.4. The third-order valence-corrected chi connectivity index (χ3v) is 7.09. The maximum Gasteiger partial charge on any atom is 0.391 e. The fourth-order valence-electron chi connectivity index (χ4n) is 4.62. The van der Waals surface area contributed by atoms with Crippen molar-refractivity contribution in [2.75, 3.05) is 7.11 Å². The number of tetrazole rings is 1. The number of ether oxygens (including phenoxy) is 1. The van der Waals surface area contributed by atoms with E-state index in [1.165, 1.54) is 34.8 Å². The number of carboxylic acid groups (broad SMARTS) is 1. The largest absolute Gasteiger partial charge is 0.496 e.